The Morgan fingerprint density at radius 3 is 1.83 bits per heavy atom. The Bertz CT molecular complexity index is 473. The van der Waals surface area contributed by atoms with Crippen LogP contribution in [0.3, 0.4) is 0 Å². The molecule has 0 spiro atoms. The van der Waals surface area contributed by atoms with Gasteiger partial charge in [-0.15, -0.1) is 0 Å². The van der Waals surface area contributed by atoms with E-state index in [0.29, 0.717) is 0 Å². The third kappa shape index (κ3) is 6.23. The predicted octanol–water partition coefficient (Wildman–Crippen LogP) is -0.257. The lowest BCUT2D eigenvalue weighted by Crippen LogP contribution is -2.58. The highest BCUT2D eigenvalue weighted by molar-refractivity contribution is 5.68. The van der Waals surface area contributed by atoms with Gasteiger partial charge in [-0.3, -0.25) is 19.2 Å². The summed E-state index contributed by atoms with van der Waals surface area (Å²) >= 11 is 0. The van der Waals surface area contributed by atoms with Gasteiger partial charge in [0, 0.05) is 27.7 Å². The molecule has 1 fully saturated rings. The highest BCUT2D eigenvalue weighted by Crippen LogP contribution is 2.24. The SMILES string of the molecule is CC(=O)OCC1OC[C@H](OC(C)=O)C(OC(C)=O)[C@@H]1OC(C)=O. The molecule has 9 heteroatoms. The van der Waals surface area contributed by atoms with Crippen molar-refractivity contribution in [2.45, 2.75) is 52.1 Å². The van der Waals surface area contributed by atoms with E-state index in [0.717, 1.165) is 0 Å². The molecule has 0 radical (unpaired) electrons. The fourth-order valence-electron chi connectivity index (χ4n) is 2.16. The van der Waals surface area contributed by atoms with Crippen LogP contribution in [0, 0.1) is 0 Å². The van der Waals surface area contributed by atoms with Crippen molar-refractivity contribution >= 4 is 23.9 Å². The minimum Gasteiger partial charge on any atom is -0.463 e. The average molecular weight is 332 g/mol. The molecule has 0 aromatic heterocycles. The molecule has 1 aliphatic rings. The Labute approximate surface area is 133 Å². The number of ether oxygens (including phenoxy) is 5. The molecule has 9 nitrogen and oxygen atoms in total. The zero-order chi connectivity index (χ0) is 17.6. The summed E-state index contributed by atoms with van der Waals surface area (Å²) in [6.07, 6.45) is -3.92. The normalized spacial score (nSPS) is 26.8. The average Bonchev–Trinajstić information content (AvgIpc) is 2.39. The molecule has 0 aromatic rings. The fraction of sp³-hybridized carbons (Fsp3) is 0.714. The molecule has 0 amide bonds. The third-order valence-corrected chi connectivity index (χ3v) is 2.90. The minimum absolute atomic E-state index is 0.0960. The second kappa shape index (κ2) is 8.47. The summed E-state index contributed by atoms with van der Waals surface area (Å²) in [5.74, 6) is -2.43. The van der Waals surface area contributed by atoms with Crippen LogP contribution in [0.25, 0.3) is 0 Å². The highest BCUT2D eigenvalue weighted by Gasteiger charge is 2.47. The first kappa shape index (κ1) is 18.9. The number of esters is 4. The summed E-state index contributed by atoms with van der Waals surface area (Å²) in [4.78, 5) is 44.8. The van der Waals surface area contributed by atoms with Gasteiger partial charge in [-0.2, -0.15) is 0 Å². The van der Waals surface area contributed by atoms with Gasteiger partial charge in [-0.25, -0.2) is 0 Å². The second-order valence-electron chi connectivity index (χ2n) is 4.97. The number of carbonyl (C=O) groups excluding carboxylic acids is 4. The van der Waals surface area contributed by atoms with E-state index in [1.165, 1.54) is 27.7 Å². The molecular weight excluding hydrogens is 312 g/mol. The maximum atomic E-state index is 11.3. The second-order valence-corrected chi connectivity index (χ2v) is 4.97. The Morgan fingerprint density at radius 2 is 1.35 bits per heavy atom. The van der Waals surface area contributed by atoms with Gasteiger partial charge < -0.3 is 23.7 Å². The summed E-state index contributed by atoms with van der Waals surface area (Å²) in [6.45, 7) is 4.46. The lowest BCUT2D eigenvalue weighted by molar-refractivity contribution is -0.231. The molecule has 130 valence electrons. The zero-order valence-electron chi connectivity index (χ0n) is 13.4. The summed E-state index contributed by atoms with van der Waals surface area (Å²) in [5, 5.41) is 0. The number of hydrogen-bond donors (Lipinski definition) is 0. The first-order chi connectivity index (χ1) is 10.7. The topological polar surface area (TPSA) is 114 Å². The van der Waals surface area contributed by atoms with Crippen LogP contribution in [0.1, 0.15) is 27.7 Å². The smallest absolute Gasteiger partial charge is 0.303 e. The van der Waals surface area contributed by atoms with Crippen LogP contribution in [-0.4, -0.2) is 61.5 Å². The van der Waals surface area contributed by atoms with Gasteiger partial charge in [-0.05, 0) is 0 Å². The van der Waals surface area contributed by atoms with E-state index in [2.05, 4.69) is 0 Å². The quantitative estimate of drug-likeness (QED) is 0.496. The Morgan fingerprint density at radius 1 is 0.826 bits per heavy atom. The van der Waals surface area contributed by atoms with Crippen molar-refractivity contribution in [3.63, 3.8) is 0 Å². The third-order valence-electron chi connectivity index (χ3n) is 2.90. The number of rotatable bonds is 5. The molecule has 1 aliphatic heterocycles. The van der Waals surface area contributed by atoms with Gasteiger partial charge in [0.15, 0.2) is 18.3 Å². The summed E-state index contributed by atoms with van der Waals surface area (Å²) in [6, 6.07) is 0. The van der Waals surface area contributed by atoms with Crippen molar-refractivity contribution in [3.05, 3.63) is 0 Å². The predicted molar refractivity (Wildman–Crippen MR) is 73.0 cm³/mol. The zero-order valence-corrected chi connectivity index (χ0v) is 13.4. The standard InChI is InChI=1S/C14H20O9/c1-7(15)19-5-11-13(22-9(3)17)14(23-10(4)18)12(6-20-11)21-8(2)16/h11-14H,5-6H2,1-4H3/t11?,12-,13+,14?/m0/s1. The molecule has 1 saturated heterocycles. The van der Waals surface area contributed by atoms with Crippen molar-refractivity contribution < 1.29 is 42.9 Å². The lowest BCUT2D eigenvalue weighted by atomic mass is 9.99. The van der Waals surface area contributed by atoms with Gasteiger partial charge in [0.25, 0.3) is 0 Å². The summed E-state index contributed by atoms with van der Waals surface area (Å²) < 4.78 is 25.6. The van der Waals surface area contributed by atoms with Crippen molar-refractivity contribution in [3.8, 4) is 0 Å². The Hall–Kier alpha value is -2.16. The van der Waals surface area contributed by atoms with Crippen LogP contribution in [0.5, 0.6) is 0 Å². The van der Waals surface area contributed by atoms with Gasteiger partial charge in [0.2, 0.25) is 0 Å². The van der Waals surface area contributed by atoms with E-state index in [4.69, 9.17) is 23.7 Å². The largest absolute Gasteiger partial charge is 0.463 e. The molecule has 23 heavy (non-hydrogen) atoms. The van der Waals surface area contributed by atoms with Crippen LogP contribution in [0.4, 0.5) is 0 Å². The van der Waals surface area contributed by atoms with E-state index in [9.17, 15) is 19.2 Å². The van der Waals surface area contributed by atoms with E-state index in [1.54, 1.807) is 0 Å². The first-order valence-corrected chi connectivity index (χ1v) is 6.97. The van der Waals surface area contributed by atoms with Crippen LogP contribution in [-0.2, 0) is 42.9 Å². The molecule has 0 aliphatic carbocycles. The van der Waals surface area contributed by atoms with E-state index >= 15 is 0 Å². The molecule has 1 rings (SSSR count). The van der Waals surface area contributed by atoms with Crippen molar-refractivity contribution in [2.75, 3.05) is 13.2 Å². The molecular formula is C14H20O9. The molecule has 0 N–H and O–H groups in total. The van der Waals surface area contributed by atoms with Crippen molar-refractivity contribution in [1.82, 2.24) is 0 Å². The van der Waals surface area contributed by atoms with E-state index < -0.39 is 48.3 Å². The Kier molecular flexibility index (Phi) is 6.95. The van der Waals surface area contributed by atoms with E-state index in [1.807, 2.05) is 0 Å². The summed E-state index contributed by atoms with van der Waals surface area (Å²) in [5.41, 5.74) is 0. The van der Waals surface area contributed by atoms with E-state index in [-0.39, 0.29) is 13.2 Å². The van der Waals surface area contributed by atoms with Crippen LogP contribution in [0.2, 0.25) is 0 Å². The van der Waals surface area contributed by atoms with Gasteiger partial charge in [0.05, 0.1) is 6.61 Å². The van der Waals surface area contributed by atoms with Gasteiger partial charge in [0.1, 0.15) is 12.7 Å². The number of hydrogen-bond acceptors (Lipinski definition) is 9. The van der Waals surface area contributed by atoms with Crippen LogP contribution >= 0.6 is 0 Å². The van der Waals surface area contributed by atoms with Gasteiger partial charge in [-0.1, -0.05) is 0 Å². The minimum atomic E-state index is -1.08. The fourth-order valence-corrected chi connectivity index (χ4v) is 2.16. The maximum absolute atomic E-state index is 11.3. The lowest BCUT2D eigenvalue weighted by Gasteiger charge is -2.40. The molecule has 2 unspecified atom stereocenters. The Balaban J connectivity index is 2.98. The van der Waals surface area contributed by atoms with Crippen LogP contribution in [0.15, 0.2) is 0 Å². The molecule has 4 atom stereocenters. The van der Waals surface area contributed by atoms with Crippen LogP contribution < -0.4 is 0 Å². The number of carbonyl (C=O) groups is 4. The molecule has 1 heterocycles. The van der Waals surface area contributed by atoms with Crippen molar-refractivity contribution in [2.24, 2.45) is 0 Å². The maximum Gasteiger partial charge on any atom is 0.303 e. The van der Waals surface area contributed by atoms with Crippen molar-refractivity contribution in [1.29, 1.82) is 0 Å². The molecule has 0 saturated carbocycles. The summed E-state index contributed by atoms with van der Waals surface area (Å²) in [7, 11) is 0. The molecule has 0 bridgehead atoms. The van der Waals surface area contributed by atoms with Gasteiger partial charge >= 0.3 is 23.9 Å². The highest BCUT2D eigenvalue weighted by atomic mass is 16.7. The first-order valence-electron chi connectivity index (χ1n) is 6.97. The monoisotopic (exact) mass is 332 g/mol. The molecule has 0 aromatic carbocycles.